The van der Waals surface area contributed by atoms with Crippen molar-refractivity contribution in [3.63, 3.8) is 0 Å². The Morgan fingerprint density at radius 1 is 1.36 bits per heavy atom. The Balaban J connectivity index is 2.03. The van der Waals surface area contributed by atoms with Gasteiger partial charge in [0.1, 0.15) is 0 Å². The molecule has 1 aromatic rings. The Bertz CT molecular complexity index is 316. The molecule has 76 valence electrons. The van der Waals surface area contributed by atoms with E-state index in [2.05, 4.69) is 5.32 Å². The van der Waals surface area contributed by atoms with Gasteiger partial charge in [0.15, 0.2) is 0 Å². The van der Waals surface area contributed by atoms with Gasteiger partial charge in [0.05, 0.1) is 12.1 Å². The van der Waals surface area contributed by atoms with Gasteiger partial charge in [-0.2, -0.15) is 0 Å². The molecule has 3 heteroatoms. The highest BCUT2D eigenvalue weighted by molar-refractivity contribution is 6.30. The molecule has 2 rings (SSSR count). The summed E-state index contributed by atoms with van der Waals surface area (Å²) in [6, 6.07) is 7.79. The third kappa shape index (κ3) is 2.20. The van der Waals surface area contributed by atoms with Gasteiger partial charge in [-0.25, -0.2) is 0 Å². The van der Waals surface area contributed by atoms with Crippen LogP contribution in [0.25, 0.3) is 0 Å². The van der Waals surface area contributed by atoms with Crippen LogP contribution in [0.1, 0.15) is 19.3 Å². The van der Waals surface area contributed by atoms with Crippen LogP contribution in [0.15, 0.2) is 24.3 Å². The summed E-state index contributed by atoms with van der Waals surface area (Å²) in [5, 5.41) is 13.6. The molecule has 1 aliphatic rings. The summed E-state index contributed by atoms with van der Waals surface area (Å²) in [4.78, 5) is 0. The molecule has 14 heavy (non-hydrogen) atoms. The first-order valence-electron chi connectivity index (χ1n) is 4.96. The molecule has 2 nitrogen and oxygen atoms in total. The molecule has 1 aromatic carbocycles. The van der Waals surface area contributed by atoms with Gasteiger partial charge in [0, 0.05) is 10.7 Å². The molecule has 0 radical (unpaired) electrons. The molecule has 0 amide bonds. The predicted octanol–water partition coefficient (Wildman–Crippen LogP) is 2.67. The van der Waals surface area contributed by atoms with Crippen molar-refractivity contribution < 1.29 is 5.11 Å². The molecule has 0 heterocycles. The zero-order chi connectivity index (χ0) is 9.97. The van der Waals surface area contributed by atoms with Gasteiger partial charge < -0.3 is 10.4 Å². The quantitative estimate of drug-likeness (QED) is 0.789. The van der Waals surface area contributed by atoms with E-state index in [-0.39, 0.29) is 12.1 Å². The van der Waals surface area contributed by atoms with Crippen LogP contribution in [0.5, 0.6) is 0 Å². The fourth-order valence-corrected chi connectivity index (χ4v) is 2.09. The average molecular weight is 212 g/mol. The number of anilines is 1. The van der Waals surface area contributed by atoms with E-state index in [1.807, 2.05) is 24.3 Å². The standard InChI is InChI=1S/C11H14ClNO/c12-8-3-1-4-9(7-8)13-10-5-2-6-11(10)14/h1,3-4,7,10-11,13-14H,2,5-6H2/t10-,11-/m1/s1. The van der Waals surface area contributed by atoms with Gasteiger partial charge in [-0.1, -0.05) is 17.7 Å². The number of halogens is 1. The first-order chi connectivity index (χ1) is 6.75. The number of hydrogen-bond acceptors (Lipinski definition) is 2. The summed E-state index contributed by atoms with van der Waals surface area (Å²) in [7, 11) is 0. The summed E-state index contributed by atoms with van der Waals surface area (Å²) in [5.74, 6) is 0. The maximum atomic E-state index is 9.62. The van der Waals surface area contributed by atoms with E-state index >= 15 is 0 Å². The zero-order valence-electron chi connectivity index (χ0n) is 7.91. The maximum Gasteiger partial charge on any atom is 0.0741 e. The molecule has 2 N–H and O–H groups in total. The lowest BCUT2D eigenvalue weighted by Gasteiger charge is -2.17. The van der Waals surface area contributed by atoms with Crippen molar-refractivity contribution in [1.29, 1.82) is 0 Å². The van der Waals surface area contributed by atoms with Crippen molar-refractivity contribution in [3.05, 3.63) is 29.3 Å². The van der Waals surface area contributed by atoms with Gasteiger partial charge >= 0.3 is 0 Å². The molecule has 1 aliphatic carbocycles. The topological polar surface area (TPSA) is 32.3 Å². The molecule has 0 aromatic heterocycles. The summed E-state index contributed by atoms with van der Waals surface area (Å²) in [6.45, 7) is 0. The third-order valence-electron chi connectivity index (χ3n) is 2.66. The summed E-state index contributed by atoms with van der Waals surface area (Å²) >= 11 is 5.86. The van der Waals surface area contributed by atoms with Crippen LogP contribution < -0.4 is 5.32 Å². The maximum absolute atomic E-state index is 9.62. The fourth-order valence-electron chi connectivity index (χ4n) is 1.90. The normalized spacial score (nSPS) is 26.4. The summed E-state index contributed by atoms with van der Waals surface area (Å²) < 4.78 is 0. The molecule has 0 aliphatic heterocycles. The first kappa shape index (κ1) is 9.81. The zero-order valence-corrected chi connectivity index (χ0v) is 8.67. The van der Waals surface area contributed by atoms with Crippen LogP contribution in [0, 0.1) is 0 Å². The van der Waals surface area contributed by atoms with Gasteiger partial charge in [0.2, 0.25) is 0 Å². The Morgan fingerprint density at radius 3 is 2.86 bits per heavy atom. The second-order valence-corrected chi connectivity index (χ2v) is 4.20. The van der Waals surface area contributed by atoms with Crippen molar-refractivity contribution in [2.24, 2.45) is 0 Å². The monoisotopic (exact) mass is 211 g/mol. The molecule has 0 spiro atoms. The van der Waals surface area contributed by atoms with E-state index in [1.165, 1.54) is 0 Å². The lowest BCUT2D eigenvalue weighted by atomic mass is 10.2. The first-order valence-corrected chi connectivity index (χ1v) is 5.34. The molecule has 1 fully saturated rings. The molecule has 2 atom stereocenters. The second-order valence-electron chi connectivity index (χ2n) is 3.76. The minimum atomic E-state index is -0.214. The average Bonchev–Trinajstić information content (AvgIpc) is 2.52. The van der Waals surface area contributed by atoms with E-state index in [0.717, 1.165) is 30.0 Å². The van der Waals surface area contributed by atoms with Crippen molar-refractivity contribution in [2.75, 3.05) is 5.32 Å². The number of benzene rings is 1. The van der Waals surface area contributed by atoms with Crippen LogP contribution in [0.2, 0.25) is 5.02 Å². The third-order valence-corrected chi connectivity index (χ3v) is 2.89. The number of aliphatic hydroxyl groups is 1. The molecular weight excluding hydrogens is 198 g/mol. The van der Waals surface area contributed by atoms with Gasteiger partial charge in [-0.15, -0.1) is 0 Å². The second kappa shape index (κ2) is 4.20. The van der Waals surface area contributed by atoms with E-state index < -0.39 is 0 Å². The SMILES string of the molecule is O[C@@H]1CCC[C@H]1Nc1cccc(Cl)c1. The van der Waals surface area contributed by atoms with Gasteiger partial charge in [0.25, 0.3) is 0 Å². The molecule has 0 unspecified atom stereocenters. The number of rotatable bonds is 2. The lowest BCUT2D eigenvalue weighted by Crippen LogP contribution is -2.27. The van der Waals surface area contributed by atoms with Crippen molar-refractivity contribution in [2.45, 2.75) is 31.4 Å². The van der Waals surface area contributed by atoms with Crippen molar-refractivity contribution >= 4 is 17.3 Å². The highest BCUT2D eigenvalue weighted by Gasteiger charge is 2.24. The Hall–Kier alpha value is -0.730. The highest BCUT2D eigenvalue weighted by atomic mass is 35.5. The summed E-state index contributed by atoms with van der Waals surface area (Å²) in [6.07, 6.45) is 2.82. The number of aliphatic hydroxyl groups excluding tert-OH is 1. The highest BCUT2D eigenvalue weighted by Crippen LogP contribution is 2.24. The number of nitrogens with one attached hydrogen (secondary N) is 1. The molecule has 0 saturated heterocycles. The largest absolute Gasteiger partial charge is 0.391 e. The van der Waals surface area contributed by atoms with Crippen LogP contribution in [0.3, 0.4) is 0 Å². The Morgan fingerprint density at radius 2 is 2.21 bits per heavy atom. The minimum absolute atomic E-state index is 0.188. The van der Waals surface area contributed by atoms with E-state index in [1.54, 1.807) is 0 Å². The van der Waals surface area contributed by atoms with Gasteiger partial charge in [-0.3, -0.25) is 0 Å². The Kier molecular flexibility index (Phi) is 2.94. The molecule has 1 saturated carbocycles. The summed E-state index contributed by atoms with van der Waals surface area (Å²) in [5.41, 5.74) is 0.989. The van der Waals surface area contributed by atoms with Gasteiger partial charge in [-0.05, 0) is 37.5 Å². The van der Waals surface area contributed by atoms with E-state index in [0.29, 0.717) is 0 Å². The van der Waals surface area contributed by atoms with E-state index in [9.17, 15) is 5.11 Å². The minimum Gasteiger partial charge on any atom is -0.391 e. The van der Waals surface area contributed by atoms with Crippen LogP contribution in [0.4, 0.5) is 5.69 Å². The van der Waals surface area contributed by atoms with Crippen LogP contribution in [-0.4, -0.2) is 17.3 Å². The molecular formula is C11H14ClNO. The fraction of sp³-hybridized carbons (Fsp3) is 0.455. The molecule has 0 bridgehead atoms. The predicted molar refractivity (Wildman–Crippen MR) is 58.7 cm³/mol. The Labute approximate surface area is 88.9 Å². The van der Waals surface area contributed by atoms with Crippen LogP contribution in [-0.2, 0) is 0 Å². The number of hydrogen-bond donors (Lipinski definition) is 2. The smallest absolute Gasteiger partial charge is 0.0741 e. The van der Waals surface area contributed by atoms with Crippen LogP contribution >= 0.6 is 11.6 Å². The van der Waals surface area contributed by atoms with E-state index in [4.69, 9.17) is 11.6 Å². The van der Waals surface area contributed by atoms with Crippen molar-refractivity contribution in [1.82, 2.24) is 0 Å². The lowest BCUT2D eigenvalue weighted by molar-refractivity contribution is 0.172. The van der Waals surface area contributed by atoms with Crippen molar-refractivity contribution in [3.8, 4) is 0 Å².